The summed E-state index contributed by atoms with van der Waals surface area (Å²) in [7, 11) is 0. The molecule has 2 aromatic rings. The fraction of sp³-hybridized carbons (Fsp3) is 0.250. The highest BCUT2D eigenvalue weighted by Gasteiger charge is 2.15. The van der Waals surface area contributed by atoms with Crippen LogP contribution in [0.25, 0.3) is 10.9 Å². The molecular weight excluding hydrogens is 334 g/mol. The van der Waals surface area contributed by atoms with Crippen LogP contribution in [0.3, 0.4) is 0 Å². The summed E-state index contributed by atoms with van der Waals surface area (Å²) in [5.41, 5.74) is 1.84. The van der Waals surface area contributed by atoms with E-state index < -0.39 is 0 Å². The Hall–Kier alpha value is -0.610. The molecular formula is C12H11Br2NO. The maximum Gasteiger partial charge on any atom is 0.161 e. The second-order valence-electron chi connectivity index (χ2n) is 3.64. The quantitative estimate of drug-likeness (QED) is 0.740. The molecule has 0 spiro atoms. The van der Waals surface area contributed by atoms with Crippen molar-refractivity contribution in [2.75, 3.05) is 0 Å². The van der Waals surface area contributed by atoms with Gasteiger partial charge in [0.2, 0.25) is 0 Å². The minimum Gasteiger partial charge on any atom is -0.346 e. The molecule has 0 amide bonds. The minimum absolute atomic E-state index is 0.0935. The summed E-state index contributed by atoms with van der Waals surface area (Å²) in [6.07, 6.45) is 1.92. The number of nitrogens with zero attached hydrogens (tertiary/aromatic N) is 1. The molecule has 1 aromatic heterocycles. The van der Waals surface area contributed by atoms with E-state index in [1.807, 2.05) is 18.3 Å². The van der Waals surface area contributed by atoms with E-state index in [0.717, 1.165) is 32.0 Å². The Balaban J connectivity index is 2.95. The molecule has 0 bridgehead atoms. The number of Topliss-reactive ketones (excluding diaryl/α,β-unsaturated/α-hetero) is 1. The van der Waals surface area contributed by atoms with Crippen LogP contribution in [-0.4, -0.2) is 10.4 Å². The third-order valence-corrected chi connectivity index (χ3v) is 3.94. The fourth-order valence-corrected chi connectivity index (χ4v) is 2.97. The normalized spacial score (nSPS) is 11.0. The standard InChI is InChI=1S/C12H11Br2NO/c1-3-15-6-8(7(2)16)11-9(13)4-5-10(14)12(11)15/h4-6H,3H2,1-2H3. The van der Waals surface area contributed by atoms with Gasteiger partial charge in [0.1, 0.15) is 0 Å². The molecule has 1 heterocycles. The van der Waals surface area contributed by atoms with E-state index >= 15 is 0 Å². The van der Waals surface area contributed by atoms with Crippen molar-refractivity contribution in [2.24, 2.45) is 0 Å². The average molecular weight is 345 g/mol. The SMILES string of the molecule is CCn1cc(C(C)=O)c2c(Br)ccc(Br)c21. The van der Waals surface area contributed by atoms with Gasteiger partial charge < -0.3 is 4.57 Å². The first-order valence-corrected chi connectivity index (χ1v) is 6.62. The zero-order valence-electron chi connectivity index (χ0n) is 9.05. The Morgan fingerprint density at radius 2 is 1.94 bits per heavy atom. The Kier molecular flexibility index (Phi) is 3.22. The predicted octanol–water partition coefficient (Wildman–Crippen LogP) is 4.39. The zero-order valence-corrected chi connectivity index (χ0v) is 12.2. The van der Waals surface area contributed by atoms with Gasteiger partial charge in [-0.3, -0.25) is 4.79 Å². The first-order valence-electron chi connectivity index (χ1n) is 5.04. The molecule has 0 saturated heterocycles. The number of carbonyl (C=O) groups is 1. The summed E-state index contributed by atoms with van der Waals surface area (Å²) in [6, 6.07) is 3.95. The third kappa shape index (κ3) is 1.74. The van der Waals surface area contributed by atoms with Gasteiger partial charge in [-0.2, -0.15) is 0 Å². The molecule has 0 N–H and O–H groups in total. The number of aromatic nitrogens is 1. The number of halogens is 2. The zero-order chi connectivity index (χ0) is 11.9. The van der Waals surface area contributed by atoms with E-state index in [0.29, 0.717) is 0 Å². The van der Waals surface area contributed by atoms with Gasteiger partial charge in [-0.15, -0.1) is 0 Å². The Labute approximate surface area is 111 Å². The van der Waals surface area contributed by atoms with Crippen LogP contribution in [0.5, 0.6) is 0 Å². The molecule has 0 atom stereocenters. The van der Waals surface area contributed by atoms with Crippen molar-refractivity contribution in [1.29, 1.82) is 0 Å². The predicted molar refractivity (Wildman–Crippen MR) is 73.0 cm³/mol. The van der Waals surface area contributed by atoms with Crippen LogP contribution < -0.4 is 0 Å². The highest BCUT2D eigenvalue weighted by molar-refractivity contribution is 9.11. The number of hydrogen-bond acceptors (Lipinski definition) is 1. The molecule has 16 heavy (non-hydrogen) atoms. The Morgan fingerprint density at radius 3 is 2.50 bits per heavy atom. The number of fused-ring (bicyclic) bond motifs is 1. The van der Waals surface area contributed by atoms with Crippen LogP contribution in [0.15, 0.2) is 27.3 Å². The van der Waals surface area contributed by atoms with Gasteiger partial charge in [-0.05, 0) is 41.9 Å². The number of benzene rings is 1. The first kappa shape index (κ1) is 11.9. The second kappa shape index (κ2) is 4.34. The molecule has 0 aliphatic carbocycles. The molecule has 0 radical (unpaired) electrons. The van der Waals surface area contributed by atoms with Crippen molar-refractivity contribution in [3.8, 4) is 0 Å². The van der Waals surface area contributed by atoms with E-state index in [1.54, 1.807) is 6.92 Å². The largest absolute Gasteiger partial charge is 0.346 e. The van der Waals surface area contributed by atoms with Gasteiger partial charge in [0.25, 0.3) is 0 Å². The van der Waals surface area contributed by atoms with E-state index in [2.05, 4.69) is 43.4 Å². The summed E-state index contributed by atoms with van der Waals surface area (Å²) < 4.78 is 4.06. The van der Waals surface area contributed by atoms with Gasteiger partial charge in [-0.25, -0.2) is 0 Å². The molecule has 0 fully saturated rings. The highest BCUT2D eigenvalue weighted by atomic mass is 79.9. The topological polar surface area (TPSA) is 22.0 Å². The highest BCUT2D eigenvalue weighted by Crippen LogP contribution is 2.34. The van der Waals surface area contributed by atoms with Crippen LogP contribution >= 0.6 is 31.9 Å². The van der Waals surface area contributed by atoms with Gasteiger partial charge in [-0.1, -0.05) is 15.9 Å². The summed E-state index contributed by atoms with van der Waals surface area (Å²) in [5, 5.41) is 0.990. The lowest BCUT2D eigenvalue weighted by Crippen LogP contribution is -1.92. The molecule has 0 unspecified atom stereocenters. The fourth-order valence-electron chi connectivity index (χ4n) is 1.88. The third-order valence-electron chi connectivity index (χ3n) is 2.64. The van der Waals surface area contributed by atoms with E-state index in [1.165, 1.54) is 0 Å². The maximum absolute atomic E-state index is 11.6. The van der Waals surface area contributed by atoms with Gasteiger partial charge in [0.15, 0.2) is 5.78 Å². The van der Waals surface area contributed by atoms with Crippen molar-refractivity contribution < 1.29 is 4.79 Å². The van der Waals surface area contributed by atoms with Crippen LogP contribution in [0.4, 0.5) is 0 Å². The monoisotopic (exact) mass is 343 g/mol. The molecule has 1 aromatic carbocycles. The lowest BCUT2D eigenvalue weighted by Gasteiger charge is -2.03. The first-order chi connectivity index (χ1) is 7.56. The Bertz CT molecular complexity index is 572. The van der Waals surface area contributed by atoms with Crippen LogP contribution in [0, 0.1) is 0 Å². The van der Waals surface area contributed by atoms with Gasteiger partial charge >= 0.3 is 0 Å². The number of rotatable bonds is 2. The molecule has 0 aliphatic heterocycles. The van der Waals surface area contributed by atoms with Crippen molar-refractivity contribution in [3.05, 3.63) is 32.8 Å². The number of hydrogen-bond donors (Lipinski definition) is 0. The molecule has 0 saturated carbocycles. The lowest BCUT2D eigenvalue weighted by atomic mass is 10.1. The number of carbonyl (C=O) groups excluding carboxylic acids is 1. The van der Waals surface area contributed by atoms with Crippen molar-refractivity contribution in [2.45, 2.75) is 20.4 Å². The molecule has 4 heteroatoms. The average Bonchev–Trinajstić information content (AvgIpc) is 2.64. The van der Waals surface area contributed by atoms with Crippen LogP contribution in [0.1, 0.15) is 24.2 Å². The molecule has 2 nitrogen and oxygen atoms in total. The Morgan fingerprint density at radius 1 is 1.31 bits per heavy atom. The van der Waals surface area contributed by atoms with E-state index in [9.17, 15) is 4.79 Å². The number of ketones is 1. The van der Waals surface area contributed by atoms with E-state index in [4.69, 9.17) is 0 Å². The lowest BCUT2D eigenvalue weighted by molar-refractivity contribution is 0.101. The summed E-state index contributed by atoms with van der Waals surface area (Å²) in [4.78, 5) is 11.6. The summed E-state index contributed by atoms with van der Waals surface area (Å²) in [5.74, 6) is 0.0935. The van der Waals surface area contributed by atoms with Crippen LogP contribution in [0.2, 0.25) is 0 Å². The van der Waals surface area contributed by atoms with Crippen molar-refractivity contribution >= 4 is 48.5 Å². The van der Waals surface area contributed by atoms with Gasteiger partial charge in [0.05, 0.1) is 5.52 Å². The molecule has 0 aliphatic rings. The maximum atomic E-state index is 11.6. The van der Waals surface area contributed by atoms with Gasteiger partial charge in [0, 0.05) is 32.6 Å². The van der Waals surface area contributed by atoms with Crippen LogP contribution in [-0.2, 0) is 6.54 Å². The summed E-state index contributed by atoms with van der Waals surface area (Å²) >= 11 is 7.04. The summed E-state index contributed by atoms with van der Waals surface area (Å²) in [6.45, 7) is 4.51. The molecule has 84 valence electrons. The molecule has 2 rings (SSSR count). The van der Waals surface area contributed by atoms with E-state index in [-0.39, 0.29) is 5.78 Å². The second-order valence-corrected chi connectivity index (χ2v) is 5.35. The smallest absolute Gasteiger partial charge is 0.161 e. The van der Waals surface area contributed by atoms with Crippen molar-refractivity contribution in [1.82, 2.24) is 4.57 Å². The van der Waals surface area contributed by atoms with Crippen molar-refractivity contribution in [3.63, 3.8) is 0 Å². The minimum atomic E-state index is 0.0935. The number of aryl methyl sites for hydroxylation is 1.